The van der Waals surface area contributed by atoms with E-state index < -0.39 is 0 Å². The molecule has 310 valence electrons. The van der Waals surface area contributed by atoms with Crippen molar-refractivity contribution < 1.29 is 0 Å². The summed E-state index contributed by atoms with van der Waals surface area (Å²) in [5.41, 5.74) is 22.0. The quantitative estimate of drug-likeness (QED) is 0.148. The van der Waals surface area contributed by atoms with Gasteiger partial charge in [-0.3, -0.25) is 0 Å². The van der Waals surface area contributed by atoms with Gasteiger partial charge < -0.3 is 9.47 Å². The molecule has 12 rings (SSSR count). The van der Waals surface area contributed by atoms with Gasteiger partial charge in [-0.25, -0.2) is 0 Å². The van der Waals surface area contributed by atoms with E-state index in [-0.39, 0.29) is 5.41 Å². The second-order valence-electron chi connectivity index (χ2n) is 18.0. The third-order valence-corrected chi connectivity index (χ3v) is 13.8. The second kappa shape index (κ2) is 15.7. The van der Waals surface area contributed by atoms with Gasteiger partial charge in [0.25, 0.3) is 0 Å². The molecule has 2 aliphatic rings. The van der Waals surface area contributed by atoms with Crippen LogP contribution in [0, 0.1) is 0 Å². The maximum absolute atomic E-state index is 2.46. The number of aromatic nitrogens is 1. The molecule has 0 spiro atoms. The van der Waals surface area contributed by atoms with Crippen LogP contribution in [0.1, 0.15) is 43.4 Å². The first-order valence-corrected chi connectivity index (χ1v) is 22.9. The molecule has 1 heterocycles. The van der Waals surface area contributed by atoms with Gasteiger partial charge in [0.1, 0.15) is 0 Å². The molecular formula is C63H48N2. The largest absolute Gasteiger partial charge is 0.310 e. The highest BCUT2D eigenvalue weighted by Crippen LogP contribution is 2.54. The zero-order valence-corrected chi connectivity index (χ0v) is 36.7. The molecule has 1 aromatic heterocycles. The fourth-order valence-electron chi connectivity index (χ4n) is 10.6. The lowest BCUT2D eigenvalue weighted by atomic mass is 9.82. The Balaban J connectivity index is 1.02. The summed E-state index contributed by atoms with van der Waals surface area (Å²) < 4.78 is 2.45. The Bertz CT molecular complexity index is 3460. The van der Waals surface area contributed by atoms with Gasteiger partial charge in [0, 0.05) is 44.4 Å². The van der Waals surface area contributed by atoms with Crippen molar-refractivity contribution >= 4 is 44.4 Å². The Morgan fingerprint density at radius 3 is 1.75 bits per heavy atom. The van der Waals surface area contributed by atoms with Crippen molar-refractivity contribution in [2.75, 3.05) is 4.90 Å². The van der Waals surface area contributed by atoms with Gasteiger partial charge in [0.15, 0.2) is 0 Å². The molecule has 9 aromatic carbocycles. The minimum Gasteiger partial charge on any atom is -0.310 e. The van der Waals surface area contributed by atoms with E-state index in [1.165, 1.54) is 94.3 Å². The molecule has 0 saturated heterocycles. The minimum atomic E-state index is -0.104. The van der Waals surface area contributed by atoms with Gasteiger partial charge in [-0.15, -0.1) is 0 Å². The average molecular weight is 833 g/mol. The fourth-order valence-corrected chi connectivity index (χ4v) is 10.6. The third-order valence-electron chi connectivity index (χ3n) is 13.8. The van der Waals surface area contributed by atoms with Crippen molar-refractivity contribution in [2.45, 2.75) is 32.1 Å². The first kappa shape index (κ1) is 38.7. The molecule has 65 heavy (non-hydrogen) atoms. The van der Waals surface area contributed by atoms with Gasteiger partial charge in [0.2, 0.25) is 0 Å². The van der Waals surface area contributed by atoms with Crippen LogP contribution < -0.4 is 4.90 Å². The van der Waals surface area contributed by atoms with Crippen molar-refractivity contribution in [3.05, 3.63) is 247 Å². The topological polar surface area (TPSA) is 8.17 Å². The number of anilines is 3. The molecule has 2 nitrogen and oxygen atoms in total. The maximum Gasteiger partial charge on any atom is 0.0619 e. The van der Waals surface area contributed by atoms with E-state index in [4.69, 9.17) is 0 Å². The highest BCUT2D eigenvalue weighted by Gasteiger charge is 2.37. The Morgan fingerprint density at radius 2 is 1.05 bits per heavy atom. The molecule has 10 aromatic rings. The lowest BCUT2D eigenvalue weighted by Gasteiger charge is -2.29. The van der Waals surface area contributed by atoms with E-state index in [0.29, 0.717) is 0 Å². The molecule has 0 fully saturated rings. The number of nitrogens with zero attached hydrogens (tertiary/aromatic N) is 2. The Labute approximate surface area is 381 Å². The summed E-state index contributed by atoms with van der Waals surface area (Å²) in [6, 6.07) is 78.4. The fraction of sp³-hybridized carbons (Fsp3) is 0.0794. The summed E-state index contributed by atoms with van der Waals surface area (Å²) in [7, 11) is 0. The minimum absolute atomic E-state index is 0.104. The molecule has 0 atom stereocenters. The van der Waals surface area contributed by atoms with Crippen molar-refractivity contribution in [3.63, 3.8) is 0 Å². The van der Waals surface area contributed by atoms with Crippen LogP contribution in [0.25, 0.3) is 77.6 Å². The van der Waals surface area contributed by atoms with Gasteiger partial charge in [0.05, 0.1) is 16.7 Å². The summed E-state index contributed by atoms with van der Waals surface area (Å²) in [5, 5.41) is 2.46. The Hall–Kier alpha value is -7.94. The number of hydrogen-bond donors (Lipinski definition) is 0. The van der Waals surface area contributed by atoms with E-state index in [2.05, 4.69) is 254 Å². The normalized spacial score (nSPS) is 13.7. The summed E-state index contributed by atoms with van der Waals surface area (Å²) in [4.78, 5) is 2.46. The smallest absolute Gasteiger partial charge is 0.0619 e. The van der Waals surface area contributed by atoms with Crippen molar-refractivity contribution in [1.29, 1.82) is 0 Å². The lowest BCUT2D eigenvalue weighted by Crippen LogP contribution is -2.16. The van der Waals surface area contributed by atoms with Crippen LogP contribution in [0.15, 0.2) is 231 Å². The first-order valence-electron chi connectivity index (χ1n) is 22.9. The van der Waals surface area contributed by atoms with E-state index in [1.54, 1.807) is 0 Å². The van der Waals surface area contributed by atoms with E-state index in [0.717, 1.165) is 29.9 Å². The first-order chi connectivity index (χ1) is 32.0. The molecule has 0 unspecified atom stereocenters. The van der Waals surface area contributed by atoms with E-state index in [9.17, 15) is 0 Å². The summed E-state index contributed by atoms with van der Waals surface area (Å²) in [5.74, 6) is 0. The van der Waals surface area contributed by atoms with Gasteiger partial charge in [-0.1, -0.05) is 178 Å². The molecule has 0 amide bonds. The highest BCUT2D eigenvalue weighted by molar-refractivity contribution is 6.16. The number of fused-ring (bicyclic) bond motifs is 6. The van der Waals surface area contributed by atoms with Crippen molar-refractivity contribution in [2.24, 2.45) is 0 Å². The SMILES string of the molecule is CC1(C)c2ccccc2-c2c(N(c3ccc(C4=CCCC=C4)cc3)c3ccc(-c4ccc5c(c4)c4cc(-c6ccccc6)cc(-c6ccccc6)c4n5-c4ccccc4)cc3)cccc21. The van der Waals surface area contributed by atoms with Crippen LogP contribution in [0.3, 0.4) is 0 Å². The zero-order valence-electron chi connectivity index (χ0n) is 36.7. The van der Waals surface area contributed by atoms with Gasteiger partial charge in [-0.05, 0) is 135 Å². The predicted molar refractivity (Wildman–Crippen MR) is 276 cm³/mol. The third kappa shape index (κ3) is 6.56. The number of para-hydroxylation sites is 1. The lowest BCUT2D eigenvalue weighted by molar-refractivity contribution is 0.660. The van der Waals surface area contributed by atoms with E-state index >= 15 is 0 Å². The highest BCUT2D eigenvalue weighted by atomic mass is 15.1. The monoisotopic (exact) mass is 832 g/mol. The predicted octanol–water partition coefficient (Wildman–Crippen LogP) is 17.3. The molecule has 0 aliphatic heterocycles. The maximum atomic E-state index is 2.46. The van der Waals surface area contributed by atoms with Crippen molar-refractivity contribution in [1.82, 2.24) is 4.57 Å². The van der Waals surface area contributed by atoms with Crippen LogP contribution in [-0.4, -0.2) is 4.57 Å². The van der Waals surface area contributed by atoms with Crippen LogP contribution in [-0.2, 0) is 5.41 Å². The van der Waals surface area contributed by atoms with Gasteiger partial charge in [-0.2, -0.15) is 0 Å². The summed E-state index contributed by atoms with van der Waals surface area (Å²) >= 11 is 0. The van der Waals surface area contributed by atoms with Crippen molar-refractivity contribution in [3.8, 4) is 50.2 Å². The number of allylic oxidation sites excluding steroid dienone is 4. The molecule has 0 N–H and O–H groups in total. The van der Waals surface area contributed by atoms with Gasteiger partial charge >= 0.3 is 0 Å². The second-order valence-corrected chi connectivity index (χ2v) is 18.0. The molecule has 0 bridgehead atoms. The van der Waals surface area contributed by atoms with Crippen LogP contribution in [0.5, 0.6) is 0 Å². The molecule has 0 saturated carbocycles. The Kier molecular flexibility index (Phi) is 9.35. The molecule has 2 heteroatoms. The number of rotatable bonds is 8. The van der Waals surface area contributed by atoms with Crippen LogP contribution >= 0.6 is 0 Å². The number of hydrogen-bond acceptors (Lipinski definition) is 1. The standard InChI is InChI=1S/C63H48N2/c1-63(2)57-27-16-15-26-53(57)61-58(63)28-17-29-60(61)64(51-35-30-45(31-36-51)43-18-7-3-8-19-43)52-37-32-46(33-38-52)48-34-39-59-55(40-48)56-42-49(44-20-9-4-10-21-44)41-54(47-22-11-5-12-23-47)62(56)65(59)50-24-13-6-14-25-50/h4-7,9-42H,3,8H2,1-2H3. The summed E-state index contributed by atoms with van der Waals surface area (Å²) in [6.45, 7) is 4.72. The zero-order chi connectivity index (χ0) is 43.5. The number of benzene rings is 9. The molecular weight excluding hydrogens is 785 g/mol. The Morgan fingerprint density at radius 1 is 0.446 bits per heavy atom. The average Bonchev–Trinajstić information content (AvgIpc) is 3.83. The van der Waals surface area contributed by atoms with Crippen LogP contribution in [0.4, 0.5) is 17.1 Å². The van der Waals surface area contributed by atoms with Crippen LogP contribution in [0.2, 0.25) is 0 Å². The summed E-state index contributed by atoms with van der Waals surface area (Å²) in [6.07, 6.45) is 9.10. The molecule has 2 aliphatic carbocycles. The van der Waals surface area contributed by atoms with E-state index in [1.807, 2.05) is 0 Å². The molecule has 0 radical (unpaired) electrons.